The Morgan fingerprint density at radius 3 is 2.62 bits per heavy atom. The van der Waals surface area contributed by atoms with Crippen LogP contribution in [0.3, 0.4) is 0 Å². The second-order valence-corrected chi connectivity index (χ2v) is 5.01. The van der Waals surface area contributed by atoms with Crippen LogP contribution >= 0.6 is 0 Å². The Balaban J connectivity index is 2.24. The molecule has 3 N–H and O–H groups in total. The number of nitrogens with one attached hydrogen (secondary N) is 2. The zero-order chi connectivity index (χ0) is 12.0. The van der Waals surface area contributed by atoms with E-state index in [9.17, 15) is 4.79 Å². The average Bonchev–Trinajstić information content (AvgIpc) is 2.21. The zero-order valence-electron chi connectivity index (χ0n) is 10.4. The highest BCUT2D eigenvalue weighted by Crippen LogP contribution is 2.44. The van der Waals surface area contributed by atoms with Gasteiger partial charge in [0.2, 0.25) is 0 Å². The Hall–Kier alpha value is -0.770. The summed E-state index contributed by atoms with van der Waals surface area (Å²) in [6.07, 6.45) is 6.13. The minimum absolute atomic E-state index is 0.0203. The maximum absolute atomic E-state index is 11.5. The molecule has 1 atom stereocenters. The Bertz CT molecular complexity index is 227. The van der Waals surface area contributed by atoms with Gasteiger partial charge in [0.25, 0.3) is 0 Å². The second kappa shape index (κ2) is 6.09. The first kappa shape index (κ1) is 13.3. The number of aliphatic hydroxyl groups excluding tert-OH is 1. The fraction of sp³-hybridized carbons (Fsp3) is 0.917. The summed E-state index contributed by atoms with van der Waals surface area (Å²) in [6, 6.07) is -0.340. The van der Waals surface area contributed by atoms with E-state index in [-0.39, 0.29) is 18.7 Å². The zero-order valence-corrected chi connectivity index (χ0v) is 10.4. The molecule has 1 unspecified atom stereocenters. The van der Waals surface area contributed by atoms with Crippen LogP contribution in [0.1, 0.15) is 46.0 Å². The molecule has 0 aliphatic heterocycles. The highest BCUT2D eigenvalue weighted by atomic mass is 16.3. The summed E-state index contributed by atoms with van der Waals surface area (Å²) >= 11 is 0. The first-order valence-electron chi connectivity index (χ1n) is 6.27. The molecule has 4 heteroatoms. The summed E-state index contributed by atoms with van der Waals surface area (Å²) < 4.78 is 0. The van der Waals surface area contributed by atoms with Crippen LogP contribution in [-0.2, 0) is 0 Å². The summed E-state index contributed by atoms with van der Waals surface area (Å²) in [5, 5.41) is 14.4. The lowest BCUT2D eigenvalue weighted by molar-refractivity contribution is 0.117. The van der Waals surface area contributed by atoms with E-state index >= 15 is 0 Å². The quantitative estimate of drug-likeness (QED) is 0.647. The highest BCUT2D eigenvalue weighted by molar-refractivity contribution is 5.74. The van der Waals surface area contributed by atoms with Crippen LogP contribution in [0.25, 0.3) is 0 Å². The van der Waals surface area contributed by atoms with E-state index in [1.807, 2.05) is 0 Å². The van der Waals surface area contributed by atoms with Crippen molar-refractivity contribution in [3.05, 3.63) is 0 Å². The molecule has 16 heavy (non-hydrogen) atoms. The van der Waals surface area contributed by atoms with Gasteiger partial charge in [-0.2, -0.15) is 0 Å². The van der Waals surface area contributed by atoms with Gasteiger partial charge >= 0.3 is 6.03 Å². The van der Waals surface area contributed by atoms with Gasteiger partial charge in [-0.25, -0.2) is 4.79 Å². The van der Waals surface area contributed by atoms with E-state index in [0.29, 0.717) is 5.41 Å². The van der Waals surface area contributed by atoms with E-state index in [4.69, 9.17) is 5.11 Å². The molecule has 0 aromatic heterocycles. The molecular formula is C12H24N2O2. The summed E-state index contributed by atoms with van der Waals surface area (Å²) in [5.41, 5.74) is 0.356. The molecule has 0 spiro atoms. The minimum atomic E-state index is -0.177. The number of urea groups is 1. The number of aliphatic hydroxyl groups is 1. The molecule has 1 saturated carbocycles. The number of hydrogen-bond donors (Lipinski definition) is 3. The summed E-state index contributed by atoms with van der Waals surface area (Å²) in [4.78, 5) is 11.5. The third kappa shape index (κ3) is 3.67. The Kier molecular flexibility index (Phi) is 5.06. The Morgan fingerprint density at radius 1 is 1.50 bits per heavy atom. The smallest absolute Gasteiger partial charge is 0.315 e. The topological polar surface area (TPSA) is 61.4 Å². The molecule has 2 amide bonds. The number of amides is 2. The van der Waals surface area contributed by atoms with Crippen LogP contribution in [0.2, 0.25) is 0 Å². The van der Waals surface area contributed by atoms with Crippen LogP contribution in [-0.4, -0.2) is 30.3 Å². The van der Waals surface area contributed by atoms with Crippen LogP contribution in [0.4, 0.5) is 4.79 Å². The van der Waals surface area contributed by atoms with Gasteiger partial charge in [0.1, 0.15) is 0 Å². The van der Waals surface area contributed by atoms with Crippen molar-refractivity contribution in [3.63, 3.8) is 0 Å². The average molecular weight is 228 g/mol. The van der Waals surface area contributed by atoms with Gasteiger partial charge in [0.15, 0.2) is 0 Å². The van der Waals surface area contributed by atoms with Crippen molar-refractivity contribution in [3.8, 4) is 0 Å². The van der Waals surface area contributed by atoms with Crippen molar-refractivity contribution in [2.45, 2.75) is 52.0 Å². The van der Waals surface area contributed by atoms with Crippen LogP contribution in [0.5, 0.6) is 0 Å². The summed E-state index contributed by atoms with van der Waals surface area (Å²) in [7, 11) is 0. The van der Waals surface area contributed by atoms with Gasteiger partial charge in [-0.1, -0.05) is 19.8 Å². The summed E-state index contributed by atoms with van der Waals surface area (Å²) in [6.45, 7) is 4.72. The first-order chi connectivity index (χ1) is 7.62. The lowest BCUT2D eigenvalue weighted by atomic mass is 9.66. The fourth-order valence-electron chi connectivity index (χ4n) is 2.31. The van der Waals surface area contributed by atoms with Gasteiger partial charge in [-0.05, 0) is 31.6 Å². The highest BCUT2D eigenvalue weighted by Gasteiger charge is 2.35. The van der Waals surface area contributed by atoms with Crippen molar-refractivity contribution in [1.82, 2.24) is 10.6 Å². The molecule has 1 aliphatic rings. The fourth-order valence-corrected chi connectivity index (χ4v) is 2.31. The standard InChI is InChI=1S/C12H24N2O2/c1-3-5-12(6-4-7-12)9-13-11(16)14-10(2)8-15/h10,15H,3-9H2,1-2H3,(H2,13,14,16). The second-order valence-electron chi connectivity index (χ2n) is 5.01. The van der Waals surface area contributed by atoms with Crippen molar-refractivity contribution in [2.75, 3.05) is 13.2 Å². The van der Waals surface area contributed by atoms with Gasteiger partial charge in [0.05, 0.1) is 12.6 Å². The predicted octanol–water partition coefficient (Wildman–Crippen LogP) is 1.64. The van der Waals surface area contributed by atoms with Crippen LogP contribution in [0.15, 0.2) is 0 Å². The molecule has 4 nitrogen and oxygen atoms in total. The van der Waals surface area contributed by atoms with Crippen LogP contribution in [0, 0.1) is 5.41 Å². The monoisotopic (exact) mass is 228 g/mol. The molecule has 0 aromatic rings. The largest absolute Gasteiger partial charge is 0.394 e. The van der Waals surface area contributed by atoms with Crippen LogP contribution < -0.4 is 10.6 Å². The maximum atomic E-state index is 11.5. The molecule has 1 fully saturated rings. The molecular weight excluding hydrogens is 204 g/mol. The number of rotatable bonds is 6. The van der Waals surface area contributed by atoms with E-state index in [2.05, 4.69) is 17.6 Å². The third-order valence-corrected chi connectivity index (χ3v) is 3.47. The SMILES string of the molecule is CCCC1(CNC(=O)NC(C)CO)CCC1. The van der Waals surface area contributed by atoms with E-state index in [0.717, 1.165) is 6.54 Å². The predicted molar refractivity (Wildman–Crippen MR) is 64.3 cm³/mol. The molecule has 0 heterocycles. The van der Waals surface area contributed by atoms with E-state index < -0.39 is 0 Å². The molecule has 0 radical (unpaired) electrons. The van der Waals surface area contributed by atoms with Crippen molar-refractivity contribution in [1.29, 1.82) is 0 Å². The molecule has 0 bridgehead atoms. The van der Waals surface area contributed by atoms with E-state index in [1.165, 1.54) is 32.1 Å². The molecule has 0 saturated heterocycles. The maximum Gasteiger partial charge on any atom is 0.315 e. The number of carbonyl (C=O) groups is 1. The van der Waals surface area contributed by atoms with Gasteiger partial charge in [-0.15, -0.1) is 0 Å². The van der Waals surface area contributed by atoms with Crippen molar-refractivity contribution >= 4 is 6.03 Å². The lowest BCUT2D eigenvalue weighted by Crippen LogP contribution is -2.48. The summed E-state index contributed by atoms with van der Waals surface area (Å²) in [5.74, 6) is 0. The molecule has 1 aliphatic carbocycles. The van der Waals surface area contributed by atoms with Gasteiger partial charge in [-0.3, -0.25) is 0 Å². The normalized spacial score (nSPS) is 19.7. The van der Waals surface area contributed by atoms with Gasteiger partial charge < -0.3 is 15.7 Å². The minimum Gasteiger partial charge on any atom is -0.394 e. The van der Waals surface area contributed by atoms with Crippen molar-refractivity contribution in [2.24, 2.45) is 5.41 Å². The van der Waals surface area contributed by atoms with Gasteiger partial charge in [0, 0.05) is 6.54 Å². The third-order valence-electron chi connectivity index (χ3n) is 3.47. The molecule has 0 aromatic carbocycles. The number of hydrogen-bond acceptors (Lipinski definition) is 2. The number of carbonyl (C=O) groups excluding carboxylic acids is 1. The first-order valence-corrected chi connectivity index (χ1v) is 6.27. The molecule has 1 rings (SSSR count). The Labute approximate surface area is 97.8 Å². The van der Waals surface area contributed by atoms with E-state index in [1.54, 1.807) is 6.92 Å². The Morgan fingerprint density at radius 2 is 2.19 bits per heavy atom. The molecule has 94 valence electrons. The van der Waals surface area contributed by atoms with Crippen molar-refractivity contribution < 1.29 is 9.90 Å². The lowest BCUT2D eigenvalue weighted by Gasteiger charge is -2.42.